The van der Waals surface area contributed by atoms with Crippen molar-refractivity contribution in [3.8, 4) is 0 Å². The van der Waals surface area contributed by atoms with Crippen molar-refractivity contribution in [3.05, 3.63) is 22.1 Å². The van der Waals surface area contributed by atoms with Crippen LogP contribution < -0.4 is 5.32 Å². The molecule has 70 valence electrons. The van der Waals surface area contributed by atoms with Crippen LogP contribution in [0.3, 0.4) is 0 Å². The summed E-state index contributed by atoms with van der Waals surface area (Å²) in [4.78, 5) is 14.8. The summed E-state index contributed by atoms with van der Waals surface area (Å²) in [6.07, 6.45) is 2.52. The average Bonchev–Trinajstić information content (AvgIpc) is 2.18. The van der Waals surface area contributed by atoms with Crippen LogP contribution in [0.5, 0.6) is 0 Å². The number of nitrogens with zero attached hydrogens (tertiary/aromatic N) is 1. The van der Waals surface area contributed by atoms with Crippen LogP contribution >= 0.6 is 11.8 Å². The molecule has 0 aromatic rings. The summed E-state index contributed by atoms with van der Waals surface area (Å²) in [6.45, 7) is 3.04. The predicted molar refractivity (Wildman–Crippen MR) is 53.5 cm³/mol. The smallest absolute Gasteiger partial charge is 0.344 e. The Bertz CT molecular complexity index is 284. The first kappa shape index (κ1) is 10.0. The summed E-state index contributed by atoms with van der Waals surface area (Å²) in [5.74, 6) is 0. The van der Waals surface area contributed by atoms with Gasteiger partial charge in [0.15, 0.2) is 0 Å². The van der Waals surface area contributed by atoms with Gasteiger partial charge in [0.2, 0.25) is 0 Å². The summed E-state index contributed by atoms with van der Waals surface area (Å²) in [5.41, 5.74) is 0.701. The van der Waals surface area contributed by atoms with Gasteiger partial charge in [-0.15, -0.1) is 0 Å². The maximum Gasteiger partial charge on any atom is 0.344 e. The van der Waals surface area contributed by atoms with Gasteiger partial charge in [-0.2, -0.15) is 0 Å². The van der Waals surface area contributed by atoms with Crippen molar-refractivity contribution in [1.82, 2.24) is 5.32 Å². The molecule has 0 radical (unpaired) electrons. The highest BCUT2D eigenvalue weighted by atomic mass is 32.2. The van der Waals surface area contributed by atoms with Gasteiger partial charge in [-0.25, -0.2) is 9.79 Å². The van der Waals surface area contributed by atoms with E-state index in [1.165, 1.54) is 11.8 Å². The SMILES string of the molecule is C=NC(=O)NC1=C(CO)SC=CC1. The van der Waals surface area contributed by atoms with Gasteiger partial charge in [-0.05, 0) is 12.1 Å². The summed E-state index contributed by atoms with van der Waals surface area (Å²) in [6, 6.07) is -0.489. The van der Waals surface area contributed by atoms with Crippen LogP contribution in [0, 0.1) is 0 Å². The molecular formula is C8H10N2O2S. The van der Waals surface area contributed by atoms with Crippen LogP contribution in [0.4, 0.5) is 4.79 Å². The van der Waals surface area contributed by atoms with Crippen LogP contribution in [0.25, 0.3) is 0 Å². The minimum Gasteiger partial charge on any atom is -0.391 e. The lowest BCUT2D eigenvalue weighted by Crippen LogP contribution is -2.21. The van der Waals surface area contributed by atoms with E-state index >= 15 is 0 Å². The molecule has 1 aliphatic rings. The monoisotopic (exact) mass is 198 g/mol. The molecule has 13 heavy (non-hydrogen) atoms. The van der Waals surface area contributed by atoms with Crippen molar-refractivity contribution < 1.29 is 9.90 Å². The van der Waals surface area contributed by atoms with Crippen molar-refractivity contribution in [2.24, 2.45) is 4.99 Å². The van der Waals surface area contributed by atoms with E-state index in [4.69, 9.17) is 5.11 Å². The zero-order valence-corrected chi connectivity index (χ0v) is 7.80. The van der Waals surface area contributed by atoms with Gasteiger partial charge in [-0.1, -0.05) is 17.8 Å². The van der Waals surface area contributed by atoms with Crippen LogP contribution in [0.2, 0.25) is 0 Å². The second-order valence-corrected chi connectivity index (χ2v) is 3.34. The molecule has 1 aliphatic heterocycles. The van der Waals surface area contributed by atoms with Crippen molar-refractivity contribution in [2.75, 3.05) is 6.61 Å². The van der Waals surface area contributed by atoms with Crippen molar-refractivity contribution in [3.63, 3.8) is 0 Å². The Hall–Kier alpha value is -1.07. The zero-order chi connectivity index (χ0) is 9.68. The van der Waals surface area contributed by atoms with Gasteiger partial charge in [-0.3, -0.25) is 0 Å². The number of nitrogens with one attached hydrogen (secondary N) is 1. The molecule has 0 fully saturated rings. The summed E-state index contributed by atoms with van der Waals surface area (Å²) < 4.78 is 0. The van der Waals surface area contributed by atoms with E-state index in [1.807, 2.05) is 11.5 Å². The highest BCUT2D eigenvalue weighted by Crippen LogP contribution is 2.26. The van der Waals surface area contributed by atoms with Crippen molar-refractivity contribution in [1.29, 1.82) is 0 Å². The zero-order valence-electron chi connectivity index (χ0n) is 6.99. The molecule has 0 saturated heterocycles. The first-order valence-electron chi connectivity index (χ1n) is 3.70. The minimum atomic E-state index is -0.489. The number of carbonyl (C=O) groups is 1. The highest BCUT2D eigenvalue weighted by molar-refractivity contribution is 8.05. The van der Waals surface area contributed by atoms with Crippen LogP contribution in [0.1, 0.15) is 6.42 Å². The molecule has 0 unspecified atom stereocenters. The normalized spacial score (nSPS) is 15.8. The number of allylic oxidation sites excluding steroid dienone is 1. The Labute approximate surface area is 80.4 Å². The van der Waals surface area contributed by atoms with Gasteiger partial charge < -0.3 is 10.4 Å². The standard InChI is InChI=1S/C8H10N2O2S/c1-9-8(12)10-6-3-2-4-13-7(6)5-11/h2,4,11H,1,3,5H2,(H,10,12). The van der Waals surface area contributed by atoms with Crippen LogP contribution in [0.15, 0.2) is 27.1 Å². The van der Waals surface area contributed by atoms with Crippen LogP contribution in [-0.2, 0) is 0 Å². The van der Waals surface area contributed by atoms with Gasteiger partial charge in [0.25, 0.3) is 0 Å². The largest absolute Gasteiger partial charge is 0.391 e. The minimum absolute atomic E-state index is 0.0677. The number of rotatable bonds is 2. The number of aliphatic imine (C=N–C) groups is 1. The molecule has 5 heteroatoms. The second-order valence-electron chi connectivity index (χ2n) is 2.34. The fourth-order valence-electron chi connectivity index (χ4n) is 0.903. The van der Waals surface area contributed by atoms with E-state index in [1.54, 1.807) is 0 Å². The maximum absolute atomic E-state index is 10.9. The van der Waals surface area contributed by atoms with E-state index in [2.05, 4.69) is 17.0 Å². The average molecular weight is 198 g/mol. The number of aliphatic hydroxyl groups excluding tert-OH is 1. The van der Waals surface area contributed by atoms with E-state index in [9.17, 15) is 4.79 Å². The fourth-order valence-corrected chi connectivity index (χ4v) is 1.61. The first-order valence-corrected chi connectivity index (χ1v) is 4.58. The van der Waals surface area contributed by atoms with E-state index < -0.39 is 6.03 Å². The Morgan fingerprint density at radius 3 is 3.23 bits per heavy atom. The van der Waals surface area contributed by atoms with Gasteiger partial charge >= 0.3 is 6.03 Å². The lowest BCUT2D eigenvalue weighted by Gasteiger charge is -2.13. The number of hydrogen-bond acceptors (Lipinski definition) is 3. The predicted octanol–water partition coefficient (Wildman–Crippen LogP) is 1.25. The van der Waals surface area contributed by atoms with Crippen LogP contribution in [-0.4, -0.2) is 24.5 Å². The molecule has 2 N–H and O–H groups in total. The third kappa shape index (κ3) is 2.71. The maximum atomic E-state index is 10.9. The molecule has 0 bridgehead atoms. The quantitative estimate of drug-likeness (QED) is 0.656. The molecule has 1 heterocycles. The summed E-state index contributed by atoms with van der Waals surface area (Å²) in [5, 5.41) is 13.4. The molecule has 2 amide bonds. The second kappa shape index (κ2) is 4.84. The Kier molecular flexibility index (Phi) is 3.72. The summed E-state index contributed by atoms with van der Waals surface area (Å²) >= 11 is 1.40. The topological polar surface area (TPSA) is 61.7 Å². The summed E-state index contributed by atoms with van der Waals surface area (Å²) in [7, 11) is 0. The van der Waals surface area contributed by atoms with E-state index in [0.717, 1.165) is 4.91 Å². The fraction of sp³-hybridized carbons (Fsp3) is 0.250. The van der Waals surface area contributed by atoms with Crippen molar-refractivity contribution in [2.45, 2.75) is 6.42 Å². The molecule has 0 spiro atoms. The molecule has 0 saturated carbocycles. The molecule has 4 nitrogen and oxygen atoms in total. The van der Waals surface area contributed by atoms with E-state index in [-0.39, 0.29) is 6.61 Å². The van der Waals surface area contributed by atoms with Gasteiger partial charge in [0, 0.05) is 17.0 Å². The number of hydrogen-bond donors (Lipinski definition) is 2. The molecule has 0 aromatic heterocycles. The Morgan fingerprint density at radius 2 is 2.62 bits per heavy atom. The van der Waals surface area contributed by atoms with E-state index in [0.29, 0.717) is 12.1 Å². The molecule has 0 aromatic carbocycles. The third-order valence-corrected chi connectivity index (χ3v) is 2.50. The number of urea groups is 1. The lowest BCUT2D eigenvalue weighted by molar-refractivity contribution is 0.251. The number of amides is 2. The number of carbonyl (C=O) groups excluding carboxylic acids is 1. The highest BCUT2D eigenvalue weighted by Gasteiger charge is 2.10. The number of aliphatic hydroxyl groups is 1. The molecule has 0 atom stereocenters. The van der Waals surface area contributed by atoms with Gasteiger partial charge in [0.05, 0.1) is 6.61 Å². The molecular weight excluding hydrogens is 188 g/mol. The lowest BCUT2D eigenvalue weighted by atomic mass is 10.3. The molecule has 0 aliphatic carbocycles. The molecule has 1 rings (SSSR count). The third-order valence-electron chi connectivity index (χ3n) is 1.51. The van der Waals surface area contributed by atoms with Gasteiger partial charge in [0.1, 0.15) is 0 Å². The first-order chi connectivity index (χ1) is 6.27. The van der Waals surface area contributed by atoms with Crippen molar-refractivity contribution >= 4 is 24.5 Å². The number of thioether (sulfide) groups is 1. The Morgan fingerprint density at radius 1 is 1.85 bits per heavy atom. The Balaban J connectivity index is 2.68.